The zero-order chi connectivity index (χ0) is 19.4. The van der Waals surface area contributed by atoms with Crippen LogP contribution in [0.1, 0.15) is 5.56 Å². The number of hydrogen-bond acceptors (Lipinski definition) is 4. The highest BCUT2D eigenvalue weighted by Gasteiger charge is 2.15. The summed E-state index contributed by atoms with van der Waals surface area (Å²) in [5, 5.41) is 8.90. The predicted octanol–water partition coefficient (Wildman–Crippen LogP) is 4.09. The van der Waals surface area contributed by atoms with Gasteiger partial charge in [-0.15, -0.1) is 0 Å². The lowest BCUT2D eigenvalue weighted by atomic mass is 10.0. The molecule has 5 nitrogen and oxygen atoms in total. The van der Waals surface area contributed by atoms with Gasteiger partial charge in [-0.25, -0.2) is 8.42 Å². The lowest BCUT2D eigenvalue weighted by Crippen LogP contribution is -2.13. The highest BCUT2D eigenvalue weighted by Crippen LogP contribution is 2.25. The summed E-state index contributed by atoms with van der Waals surface area (Å²) >= 11 is 0. The molecule has 0 aliphatic heterocycles. The first-order chi connectivity index (χ1) is 12.9. The molecule has 3 rings (SSSR count). The normalized spacial score (nSPS) is 10.9. The fraction of sp³-hybridized carbons (Fsp3) is 0.0952. The van der Waals surface area contributed by atoms with Crippen LogP contribution in [0.3, 0.4) is 0 Å². The minimum atomic E-state index is -3.71. The third-order valence-electron chi connectivity index (χ3n) is 4.13. The van der Waals surface area contributed by atoms with Crippen LogP contribution in [0, 0.1) is 11.3 Å². The van der Waals surface area contributed by atoms with Crippen LogP contribution in [0.2, 0.25) is 0 Å². The zero-order valence-corrected chi connectivity index (χ0v) is 15.9. The van der Waals surface area contributed by atoms with Gasteiger partial charge in [0.25, 0.3) is 10.0 Å². The van der Waals surface area contributed by atoms with E-state index in [9.17, 15) is 8.42 Å². The van der Waals surface area contributed by atoms with Crippen molar-refractivity contribution in [3.8, 4) is 17.2 Å². The van der Waals surface area contributed by atoms with Gasteiger partial charge in [0.05, 0.1) is 16.5 Å². The van der Waals surface area contributed by atoms with Crippen molar-refractivity contribution in [3.63, 3.8) is 0 Å². The number of hydrogen-bond donors (Lipinski definition) is 1. The van der Waals surface area contributed by atoms with Gasteiger partial charge < -0.3 is 4.90 Å². The Morgan fingerprint density at radius 2 is 1.56 bits per heavy atom. The Hall–Kier alpha value is -3.30. The van der Waals surface area contributed by atoms with Gasteiger partial charge in [0.2, 0.25) is 0 Å². The SMILES string of the molecule is CN(C)c1ccc(NS(=O)(=O)c2cccc(-c3ccc(C#N)cc3)c2)cc1. The maximum absolute atomic E-state index is 12.7. The first-order valence-electron chi connectivity index (χ1n) is 8.30. The molecule has 1 N–H and O–H groups in total. The quantitative estimate of drug-likeness (QED) is 0.727. The van der Waals surface area contributed by atoms with Gasteiger partial charge in [0.1, 0.15) is 0 Å². The van der Waals surface area contributed by atoms with Gasteiger partial charge in [-0.05, 0) is 59.7 Å². The lowest BCUT2D eigenvalue weighted by Gasteiger charge is -2.14. The molecule has 0 aromatic heterocycles. The van der Waals surface area contributed by atoms with E-state index in [4.69, 9.17) is 5.26 Å². The molecule has 0 aliphatic carbocycles. The molecule has 0 unspecified atom stereocenters. The van der Waals surface area contributed by atoms with E-state index in [1.54, 1.807) is 54.6 Å². The molecule has 0 atom stereocenters. The lowest BCUT2D eigenvalue weighted by molar-refractivity contribution is 0.601. The van der Waals surface area contributed by atoms with E-state index in [-0.39, 0.29) is 4.90 Å². The molecule has 0 spiro atoms. The molecule has 0 radical (unpaired) electrons. The molecule has 3 aromatic carbocycles. The van der Waals surface area contributed by atoms with Crippen molar-refractivity contribution < 1.29 is 8.42 Å². The van der Waals surface area contributed by atoms with Crippen LogP contribution in [0.4, 0.5) is 11.4 Å². The van der Waals surface area contributed by atoms with Crippen molar-refractivity contribution >= 4 is 21.4 Å². The molecule has 136 valence electrons. The Labute approximate surface area is 159 Å². The molecule has 0 saturated carbocycles. The number of benzene rings is 3. The summed E-state index contributed by atoms with van der Waals surface area (Å²) in [6.45, 7) is 0. The number of nitrogens with one attached hydrogen (secondary N) is 1. The minimum absolute atomic E-state index is 0.182. The maximum Gasteiger partial charge on any atom is 0.261 e. The molecule has 0 amide bonds. The summed E-state index contributed by atoms with van der Waals surface area (Å²) in [7, 11) is 0.143. The number of rotatable bonds is 5. The first kappa shape index (κ1) is 18.5. The van der Waals surface area contributed by atoms with E-state index in [1.807, 2.05) is 37.2 Å². The molecule has 0 bridgehead atoms. The summed E-state index contributed by atoms with van der Waals surface area (Å²) < 4.78 is 28.1. The van der Waals surface area contributed by atoms with Crippen molar-refractivity contribution in [3.05, 3.63) is 78.4 Å². The standard InChI is InChI=1S/C21H19N3O2S/c1-24(2)20-12-10-19(11-13-20)23-27(25,26)21-5-3-4-18(14-21)17-8-6-16(15-22)7-9-17/h3-14,23H,1-2H3. The third kappa shape index (κ3) is 4.27. The van der Waals surface area contributed by atoms with Crippen LogP contribution in [0.15, 0.2) is 77.7 Å². The molecule has 27 heavy (non-hydrogen) atoms. The molecular weight excluding hydrogens is 358 g/mol. The Morgan fingerprint density at radius 3 is 2.15 bits per heavy atom. The monoisotopic (exact) mass is 377 g/mol. The van der Waals surface area contributed by atoms with Crippen LogP contribution < -0.4 is 9.62 Å². The molecule has 0 heterocycles. The van der Waals surface area contributed by atoms with Gasteiger partial charge in [0.15, 0.2) is 0 Å². The Morgan fingerprint density at radius 1 is 0.889 bits per heavy atom. The number of nitriles is 1. The number of anilines is 2. The van der Waals surface area contributed by atoms with Crippen molar-refractivity contribution in [2.45, 2.75) is 4.90 Å². The van der Waals surface area contributed by atoms with Crippen LogP contribution >= 0.6 is 0 Å². The van der Waals surface area contributed by atoms with E-state index in [0.717, 1.165) is 16.8 Å². The summed E-state index contributed by atoms with van der Waals surface area (Å²) in [4.78, 5) is 2.13. The molecule has 0 saturated heterocycles. The molecular formula is C21H19N3O2S. The summed E-state index contributed by atoms with van der Waals surface area (Å²) in [6, 6.07) is 23.0. The average Bonchev–Trinajstić information content (AvgIpc) is 2.68. The van der Waals surface area contributed by atoms with E-state index < -0.39 is 10.0 Å². The Balaban J connectivity index is 1.87. The Bertz CT molecular complexity index is 1080. The summed E-state index contributed by atoms with van der Waals surface area (Å²) in [6.07, 6.45) is 0. The van der Waals surface area contributed by atoms with Crippen molar-refractivity contribution in [2.75, 3.05) is 23.7 Å². The number of sulfonamides is 1. The average molecular weight is 377 g/mol. The predicted molar refractivity (Wildman–Crippen MR) is 108 cm³/mol. The van der Waals surface area contributed by atoms with Crippen LogP contribution in [0.5, 0.6) is 0 Å². The largest absolute Gasteiger partial charge is 0.378 e. The molecule has 0 aliphatic rings. The summed E-state index contributed by atoms with van der Waals surface area (Å²) in [5.41, 5.74) is 3.67. The van der Waals surface area contributed by atoms with Gasteiger partial charge in [-0.2, -0.15) is 5.26 Å². The molecule has 0 fully saturated rings. The van der Waals surface area contributed by atoms with Gasteiger partial charge >= 0.3 is 0 Å². The van der Waals surface area contributed by atoms with Gasteiger partial charge in [-0.3, -0.25) is 4.72 Å². The van der Waals surface area contributed by atoms with Crippen molar-refractivity contribution in [1.29, 1.82) is 5.26 Å². The second kappa shape index (κ2) is 7.52. The van der Waals surface area contributed by atoms with Gasteiger partial charge in [0, 0.05) is 25.5 Å². The van der Waals surface area contributed by atoms with Crippen LogP contribution in [0.25, 0.3) is 11.1 Å². The molecule has 3 aromatic rings. The van der Waals surface area contributed by atoms with Crippen LogP contribution in [-0.2, 0) is 10.0 Å². The fourth-order valence-electron chi connectivity index (χ4n) is 2.62. The van der Waals surface area contributed by atoms with Crippen LogP contribution in [-0.4, -0.2) is 22.5 Å². The zero-order valence-electron chi connectivity index (χ0n) is 15.0. The van der Waals surface area contributed by atoms with Crippen molar-refractivity contribution in [2.24, 2.45) is 0 Å². The maximum atomic E-state index is 12.7. The fourth-order valence-corrected chi connectivity index (χ4v) is 3.73. The summed E-state index contributed by atoms with van der Waals surface area (Å²) in [5.74, 6) is 0. The second-order valence-corrected chi connectivity index (χ2v) is 7.95. The van der Waals surface area contributed by atoms with E-state index in [0.29, 0.717) is 11.3 Å². The third-order valence-corrected chi connectivity index (χ3v) is 5.51. The number of nitrogens with zero attached hydrogens (tertiary/aromatic N) is 2. The highest BCUT2D eigenvalue weighted by molar-refractivity contribution is 7.92. The van der Waals surface area contributed by atoms with Gasteiger partial charge in [-0.1, -0.05) is 24.3 Å². The minimum Gasteiger partial charge on any atom is -0.378 e. The van der Waals surface area contributed by atoms with E-state index in [1.165, 1.54) is 0 Å². The van der Waals surface area contributed by atoms with Crippen molar-refractivity contribution in [1.82, 2.24) is 0 Å². The topological polar surface area (TPSA) is 73.2 Å². The Kier molecular flexibility index (Phi) is 5.15. The second-order valence-electron chi connectivity index (χ2n) is 6.26. The first-order valence-corrected chi connectivity index (χ1v) is 9.78. The highest BCUT2D eigenvalue weighted by atomic mass is 32.2. The van der Waals surface area contributed by atoms with E-state index >= 15 is 0 Å². The molecule has 6 heteroatoms. The van der Waals surface area contributed by atoms with E-state index in [2.05, 4.69) is 10.8 Å². The smallest absolute Gasteiger partial charge is 0.261 e.